The van der Waals surface area contributed by atoms with E-state index < -0.39 is 0 Å². The van der Waals surface area contributed by atoms with Crippen molar-refractivity contribution in [3.8, 4) is 11.5 Å². The molecule has 0 unspecified atom stereocenters. The van der Waals surface area contributed by atoms with E-state index in [1.54, 1.807) is 0 Å². The zero-order chi connectivity index (χ0) is 16.1. The van der Waals surface area contributed by atoms with Crippen molar-refractivity contribution in [2.75, 3.05) is 6.79 Å². The lowest BCUT2D eigenvalue weighted by Crippen LogP contribution is -2.37. The summed E-state index contributed by atoms with van der Waals surface area (Å²) in [5, 5.41) is 3.36. The Morgan fingerprint density at radius 3 is 2.70 bits per heavy atom. The number of benzene rings is 1. The number of fused-ring (bicyclic) bond motifs is 1. The second kappa shape index (κ2) is 7.21. The van der Waals surface area contributed by atoms with Crippen molar-refractivity contribution in [3.05, 3.63) is 23.8 Å². The third-order valence-electron chi connectivity index (χ3n) is 4.02. The van der Waals surface area contributed by atoms with Crippen LogP contribution in [0, 0.1) is 0 Å². The van der Waals surface area contributed by atoms with Crippen molar-refractivity contribution in [3.63, 3.8) is 0 Å². The zero-order valence-corrected chi connectivity index (χ0v) is 13.1. The summed E-state index contributed by atoms with van der Waals surface area (Å²) >= 11 is 0. The van der Waals surface area contributed by atoms with Crippen LogP contribution in [0.1, 0.15) is 37.7 Å². The summed E-state index contributed by atoms with van der Waals surface area (Å²) in [6.45, 7) is 0.743. The van der Waals surface area contributed by atoms with Gasteiger partial charge in [-0.3, -0.25) is 0 Å². The number of guanidine groups is 2. The van der Waals surface area contributed by atoms with Gasteiger partial charge in [-0.25, -0.2) is 4.99 Å². The Kier molecular flexibility index (Phi) is 4.85. The van der Waals surface area contributed by atoms with E-state index in [1.165, 1.54) is 19.3 Å². The molecular weight excluding hydrogens is 294 g/mol. The maximum absolute atomic E-state index is 5.51. The molecule has 0 aromatic heterocycles. The van der Waals surface area contributed by atoms with Crippen LogP contribution in [0.4, 0.5) is 0 Å². The standard InChI is InChI=1S/C16H23N5O2/c17-15(18)21-16(20-12-4-2-1-3-5-12)19-9-11-6-7-13-14(8-11)23-10-22-13/h6-8,12H,1-5,9-10H2,(H5,17,18,19,20,21). The molecule has 0 atom stereocenters. The van der Waals surface area contributed by atoms with Gasteiger partial charge in [0.25, 0.3) is 0 Å². The molecule has 0 spiro atoms. The summed E-state index contributed by atoms with van der Waals surface area (Å²) in [5.41, 5.74) is 12.0. The highest BCUT2D eigenvalue weighted by Gasteiger charge is 2.15. The molecule has 2 aliphatic rings. The van der Waals surface area contributed by atoms with Crippen LogP contribution in [-0.2, 0) is 6.54 Å². The van der Waals surface area contributed by atoms with E-state index in [4.69, 9.17) is 20.9 Å². The van der Waals surface area contributed by atoms with Crippen LogP contribution in [0.15, 0.2) is 28.2 Å². The summed E-state index contributed by atoms with van der Waals surface area (Å²) in [6.07, 6.45) is 6.01. The minimum atomic E-state index is 0.0118. The van der Waals surface area contributed by atoms with Gasteiger partial charge in [0, 0.05) is 6.04 Å². The molecule has 0 bridgehead atoms. The second-order valence-corrected chi connectivity index (χ2v) is 5.84. The van der Waals surface area contributed by atoms with Gasteiger partial charge in [0.05, 0.1) is 6.54 Å². The molecule has 23 heavy (non-hydrogen) atoms. The molecule has 1 heterocycles. The molecule has 1 saturated carbocycles. The minimum absolute atomic E-state index is 0.0118. The molecule has 1 aliphatic heterocycles. The fourth-order valence-corrected chi connectivity index (χ4v) is 2.87. The van der Waals surface area contributed by atoms with Crippen LogP contribution < -0.4 is 26.3 Å². The van der Waals surface area contributed by atoms with Gasteiger partial charge in [-0.15, -0.1) is 0 Å². The van der Waals surface area contributed by atoms with Gasteiger partial charge in [0.15, 0.2) is 17.5 Å². The number of nitrogens with two attached hydrogens (primary N) is 2. The van der Waals surface area contributed by atoms with E-state index >= 15 is 0 Å². The van der Waals surface area contributed by atoms with Crippen molar-refractivity contribution in [2.45, 2.75) is 44.7 Å². The van der Waals surface area contributed by atoms with E-state index in [0.29, 0.717) is 18.5 Å². The number of ether oxygens (including phenoxy) is 2. The molecular formula is C16H23N5O2. The largest absolute Gasteiger partial charge is 0.454 e. The SMILES string of the molecule is NC(N)=NC(=NCc1ccc2c(c1)OCO2)NC1CCCCC1. The van der Waals surface area contributed by atoms with Crippen molar-refractivity contribution in [1.29, 1.82) is 0 Å². The lowest BCUT2D eigenvalue weighted by Gasteiger charge is -2.23. The molecule has 7 heteroatoms. The number of hydrogen-bond acceptors (Lipinski definition) is 3. The van der Waals surface area contributed by atoms with Crippen LogP contribution in [-0.4, -0.2) is 24.8 Å². The van der Waals surface area contributed by atoms with Crippen molar-refractivity contribution in [1.82, 2.24) is 5.32 Å². The monoisotopic (exact) mass is 317 g/mol. The summed E-state index contributed by atoms with van der Waals surface area (Å²) < 4.78 is 10.7. The fourth-order valence-electron chi connectivity index (χ4n) is 2.87. The fraction of sp³-hybridized carbons (Fsp3) is 0.500. The molecule has 7 nitrogen and oxygen atoms in total. The summed E-state index contributed by atoms with van der Waals surface area (Å²) in [4.78, 5) is 8.63. The normalized spacial score (nSPS) is 17.8. The lowest BCUT2D eigenvalue weighted by atomic mass is 9.96. The molecule has 1 aliphatic carbocycles. The van der Waals surface area contributed by atoms with Crippen LogP contribution in [0.2, 0.25) is 0 Å². The van der Waals surface area contributed by atoms with Gasteiger partial charge in [-0.1, -0.05) is 25.3 Å². The summed E-state index contributed by atoms with van der Waals surface area (Å²) in [6, 6.07) is 6.18. The Morgan fingerprint density at radius 1 is 1.13 bits per heavy atom. The Hall–Kier alpha value is -2.44. The van der Waals surface area contributed by atoms with Crippen LogP contribution >= 0.6 is 0 Å². The Balaban J connectivity index is 1.68. The lowest BCUT2D eigenvalue weighted by molar-refractivity contribution is 0.174. The van der Waals surface area contributed by atoms with Gasteiger partial charge >= 0.3 is 0 Å². The van der Waals surface area contributed by atoms with Crippen LogP contribution in [0.25, 0.3) is 0 Å². The third-order valence-corrected chi connectivity index (χ3v) is 4.02. The van der Waals surface area contributed by atoms with E-state index in [1.807, 2.05) is 18.2 Å². The molecule has 3 rings (SSSR count). The van der Waals surface area contributed by atoms with E-state index in [0.717, 1.165) is 29.9 Å². The highest BCUT2D eigenvalue weighted by atomic mass is 16.7. The first-order valence-electron chi connectivity index (χ1n) is 8.00. The molecule has 5 N–H and O–H groups in total. The molecule has 1 aromatic carbocycles. The molecule has 124 valence electrons. The van der Waals surface area contributed by atoms with Gasteiger partial charge < -0.3 is 26.3 Å². The zero-order valence-electron chi connectivity index (χ0n) is 13.1. The van der Waals surface area contributed by atoms with Gasteiger partial charge in [0.2, 0.25) is 12.8 Å². The first-order valence-corrected chi connectivity index (χ1v) is 8.00. The van der Waals surface area contributed by atoms with Gasteiger partial charge in [-0.2, -0.15) is 4.99 Å². The number of nitrogens with zero attached hydrogens (tertiary/aromatic N) is 2. The topological polar surface area (TPSA) is 107 Å². The van der Waals surface area contributed by atoms with Crippen LogP contribution in [0.3, 0.4) is 0 Å². The molecule has 0 amide bonds. The Morgan fingerprint density at radius 2 is 1.91 bits per heavy atom. The molecule has 1 aromatic rings. The predicted molar refractivity (Wildman–Crippen MR) is 89.5 cm³/mol. The number of aliphatic imine (C=N–C) groups is 2. The van der Waals surface area contributed by atoms with Crippen molar-refractivity contribution < 1.29 is 9.47 Å². The van der Waals surface area contributed by atoms with E-state index in [-0.39, 0.29) is 12.8 Å². The average molecular weight is 317 g/mol. The molecule has 1 fully saturated rings. The summed E-state index contributed by atoms with van der Waals surface area (Å²) in [5.74, 6) is 2.02. The highest BCUT2D eigenvalue weighted by molar-refractivity contribution is 5.93. The van der Waals surface area contributed by atoms with E-state index in [2.05, 4.69) is 15.3 Å². The second-order valence-electron chi connectivity index (χ2n) is 5.84. The molecule has 0 radical (unpaired) electrons. The smallest absolute Gasteiger partial charge is 0.231 e. The third kappa shape index (κ3) is 4.28. The van der Waals surface area contributed by atoms with Crippen molar-refractivity contribution >= 4 is 11.9 Å². The highest BCUT2D eigenvalue weighted by Crippen LogP contribution is 2.32. The van der Waals surface area contributed by atoms with Crippen LogP contribution in [0.5, 0.6) is 11.5 Å². The first kappa shape index (κ1) is 15.5. The van der Waals surface area contributed by atoms with Gasteiger partial charge in [-0.05, 0) is 30.5 Å². The summed E-state index contributed by atoms with van der Waals surface area (Å²) in [7, 11) is 0. The quantitative estimate of drug-likeness (QED) is 0.578. The first-order chi connectivity index (χ1) is 11.2. The van der Waals surface area contributed by atoms with E-state index in [9.17, 15) is 0 Å². The number of hydrogen-bond donors (Lipinski definition) is 3. The maximum Gasteiger partial charge on any atom is 0.231 e. The minimum Gasteiger partial charge on any atom is -0.454 e. The Bertz CT molecular complexity index is 604. The number of nitrogens with one attached hydrogen (secondary N) is 1. The predicted octanol–water partition coefficient (Wildman–Crippen LogP) is 1.47. The average Bonchev–Trinajstić information content (AvgIpc) is 3.01. The van der Waals surface area contributed by atoms with Crippen molar-refractivity contribution in [2.24, 2.45) is 21.5 Å². The molecule has 0 saturated heterocycles. The maximum atomic E-state index is 5.51. The number of rotatable bonds is 3. The van der Waals surface area contributed by atoms with Gasteiger partial charge in [0.1, 0.15) is 0 Å². The Labute approximate surface area is 135 Å².